The van der Waals surface area contributed by atoms with E-state index in [0.29, 0.717) is 17.7 Å². The fourth-order valence-electron chi connectivity index (χ4n) is 4.27. The Morgan fingerprint density at radius 2 is 1.66 bits per heavy atom. The lowest BCUT2D eigenvalue weighted by Gasteiger charge is -2.24. The highest BCUT2D eigenvalue weighted by atomic mass is 16.2. The molecular formula is C26H29N5O. The van der Waals surface area contributed by atoms with Crippen molar-refractivity contribution in [3.63, 3.8) is 0 Å². The molecule has 32 heavy (non-hydrogen) atoms. The first-order valence-corrected chi connectivity index (χ1v) is 11.2. The van der Waals surface area contributed by atoms with E-state index >= 15 is 0 Å². The van der Waals surface area contributed by atoms with E-state index in [2.05, 4.69) is 49.0 Å². The van der Waals surface area contributed by atoms with Crippen molar-refractivity contribution in [2.45, 2.75) is 33.1 Å². The van der Waals surface area contributed by atoms with Crippen molar-refractivity contribution in [3.05, 3.63) is 77.1 Å². The summed E-state index contributed by atoms with van der Waals surface area (Å²) in [6.07, 6.45) is 2.62. The topological polar surface area (TPSA) is 65.2 Å². The first-order valence-electron chi connectivity index (χ1n) is 11.2. The van der Waals surface area contributed by atoms with Crippen molar-refractivity contribution in [3.8, 4) is 11.8 Å². The minimum Gasteiger partial charge on any atom is -0.370 e. The molecule has 0 N–H and O–H groups in total. The number of anilines is 1. The molecule has 164 valence electrons. The molecule has 0 unspecified atom stereocenters. The number of carbonyl (C=O) groups excluding carboxylic acids is 1. The molecular weight excluding hydrogens is 398 g/mol. The van der Waals surface area contributed by atoms with Crippen LogP contribution in [0.2, 0.25) is 0 Å². The molecule has 2 heterocycles. The molecule has 0 radical (unpaired) electrons. The van der Waals surface area contributed by atoms with E-state index in [9.17, 15) is 4.79 Å². The second kappa shape index (κ2) is 9.27. The Bertz CT molecular complexity index is 1120. The van der Waals surface area contributed by atoms with Gasteiger partial charge >= 0.3 is 0 Å². The van der Waals surface area contributed by atoms with Gasteiger partial charge in [0, 0.05) is 31.9 Å². The molecule has 1 aromatic heterocycles. The maximum absolute atomic E-state index is 13.5. The smallest absolute Gasteiger partial charge is 0.257 e. The number of nitriles is 1. The Balaban J connectivity index is 1.54. The fourth-order valence-corrected chi connectivity index (χ4v) is 4.27. The third-order valence-corrected chi connectivity index (χ3v) is 6.01. The predicted octanol–water partition coefficient (Wildman–Crippen LogP) is 4.53. The average molecular weight is 428 g/mol. The predicted molar refractivity (Wildman–Crippen MR) is 126 cm³/mol. The van der Waals surface area contributed by atoms with Crippen LogP contribution in [0.3, 0.4) is 0 Å². The third kappa shape index (κ3) is 4.38. The van der Waals surface area contributed by atoms with Crippen LogP contribution in [0.25, 0.3) is 5.69 Å². The summed E-state index contributed by atoms with van der Waals surface area (Å²) < 4.78 is 1.90. The van der Waals surface area contributed by atoms with E-state index in [4.69, 9.17) is 5.26 Å². The molecule has 6 nitrogen and oxygen atoms in total. The Hall–Kier alpha value is -3.59. The number of carbonyl (C=O) groups is 1. The van der Waals surface area contributed by atoms with Gasteiger partial charge in [-0.25, -0.2) is 4.68 Å². The van der Waals surface area contributed by atoms with E-state index in [0.717, 1.165) is 43.1 Å². The van der Waals surface area contributed by atoms with Crippen molar-refractivity contribution in [2.24, 2.45) is 0 Å². The first kappa shape index (κ1) is 21.6. The molecule has 4 rings (SSSR count). The standard InChI is InChI=1S/C26H29N5O/c1-19(2)25-24(18-28-31(25)23-9-5-20(3)6-10-23)26(32)30-14-4-13-29(15-16-30)22-11-7-21(17-27)8-12-22/h5-12,18-19H,4,13-16H2,1-3H3. The molecule has 0 aliphatic carbocycles. The second-order valence-electron chi connectivity index (χ2n) is 8.64. The molecule has 0 atom stereocenters. The molecule has 0 bridgehead atoms. The SMILES string of the molecule is Cc1ccc(-n2ncc(C(=O)N3CCCN(c4ccc(C#N)cc4)CC3)c2C(C)C)cc1. The van der Waals surface area contributed by atoms with Gasteiger partial charge in [-0.05, 0) is 55.7 Å². The van der Waals surface area contributed by atoms with Gasteiger partial charge < -0.3 is 9.80 Å². The van der Waals surface area contributed by atoms with Crippen LogP contribution in [0.1, 0.15) is 53.4 Å². The van der Waals surface area contributed by atoms with Crippen LogP contribution in [0.5, 0.6) is 0 Å². The van der Waals surface area contributed by atoms with E-state index in [-0.39, 0.29) is 11.8 Å². The van der Waals surface area contributed by atoms with Crippen molar-refractivity contribution in [1.82, 2.24) is 14.7 Å². The fraction of sp³-hybridized carbons (Fsp3) is 0.346. The summed E-state index contributed by atoms with van der Waals surface area (Å²) in [5, 5.41) is 13.6. The number of hydrogen-bond donors (Lipinski definition) is 0. The normalized spacial score (nSPS) is 14.3. The third-order valence-electron chi connectivity index (χ3n) is 6.01. The molecule has 1 aliphatic heterocycles. The van der Waals surface area contributed by atoms with E-state index in [1.54, 1.807) is 6.20 Å². The van der Waals surface area contributed by atoms with Crippen LogP contribution in [-0.2, 0) is 0 Å². The van der Waals surface area contributed by atoms with Gasteiger partial charge in [0.25, 0.3) is 5.91 Å². The monoisotopic (exact) mass is 427 g/mol. The van der Waals surface area contributed by atoms with Crippen molar-refractivity contribution in [1.29, 1.82) is 5.26 Å². The van der Waals surface area contributed by atoms with Crippen LogP contribution in [0, 0.1) is 18.3 Å². The summed E-state index contributed by atoms with van der Waals surface area (Å²) >= 11 is 0. The van der Waals surface area contributed by atoms with E-state index < -0.39 is 0 Å². The highest BCUT2D eigenvalue weighted by Crippen LogP contribution is 2.25. The number of benzene rings is 2. The van der Waals surface area contributed by atoms with Crippen LogP contribution < -0.4 is 4.90 Å². The number of rotatable bonds is 4. The number of aromatic nitrogens is 2. The van der Waals surface area contributed by atoms with Gasteiger partial charge in [0.1, 0.15) is 0 Å². The van der Waals surface area contributed by atoms with Crippen LogP contribution in [0.15, 0.2) is 54.7 Å². The van der Waals surface area contributed by atoms with Crippen LogP contribution in [-0.4, -0.2) is 46.8 Å². The molecule has 1 saturated heterocycles. The quantitative estimate of drug-likeness (QED) is 0.614. The van der Waals surface area contributed by atoms with Gasteiger partial charge in [-0.15, -0.1) is 0 Å². The minimum atomic E-state index is 0.0498. The van der Waals surface area contributed by atoms with Gasteiger partial charge in [0.15, 0.2) is 0 Å². The molecule has 1 amide bonds. The Morgan fingerprint density at radius 3 is 2.31 bits per heavy atom. The summed E-state index contributed by atoms with van der Waals surface area (Å²) in [5.74, 6) is 0.216. The highest BCUT2D eigenvalue weighted by Gasteiger charge is 2.26. The second-order valence-corrected chi connectivity index (χ2v) is 8.64. The summed E-state index contributed by atoms with van der Waals surface area (Å²) in [6.45, 7) is 9.30. The molecule has 3 aromatic rings. The number of aryl methyl sites for hydroxylation is 1. The lowest BCUT2D eigenvalue weighted by atomic mass is 10.0. The lowest BCUT2D eigenvalue weighted by Crippen LogP contribution is -2.35. The van der Waals surface area contributed by atoms with Gasteiger partial charge in [0.05, 0.1) is 34.8 Å². The maximum Gasteiger partial charge on any atom is 0.257 e. The molecule has 6 heteroatoms. The Morgan fingerprint density at radius 1 is 0.969 bits per heavy atom. The molecule has 0 saturated carbocycles. The summed E-state index contributed by atoms with van der Waals surface area (Å²) in [4.78, 5) is 17.8. The summed E-state index contributed by atoms with van der Waals surface area (Å²) in [7, 11) is 0. The Labute approximate surface area is 189 Å². The maximum atomic E-state index is 13.5. The van der Waals surface area contributed by atoms with Crippen molar-refractivity contribution in [2.75, 3.05) is 31.1 Å². The zero-order valence-corrected chi connectivity index (χ0v) is 19.0. The number of hydrogen-bond acceptors (Lipinski definition) is 4. The van der Waals surface area contributed by atoms with Crippen LogP contribution in [0.4, 0.5) is 5.69 Å². The lowest BCUT2D eigenvalue weighted by molar-refractivity contribution is 0.0765. The van der Waals surface area contributed by atoms with Gasteiger partial charge in [-0.3, -0.25) is 4.79 Å². The van der Waals surface area contributed by atoms with Gasteiger partial charge in [-0.1, -0.05) is 31.5 Å². The average Bonchev–Trinajstić information content (AvgIpc) is 3.10. The number of nitrogens with zero attached hydrogens (tertiary/aromatic N) is 5. The van der Waals surface area contributed by atoms with E-state index in [1.807, 2.05) is 46.0 Å². The molecule has 1 aliphatic rings. The van der Waals surface area contributed by atoms with Gasteiger partial charge in [-0.2, -0.15) is 10.4 Å². The van der Waals surface area contributed by atoms with Gasteiger partial charge in [0.2, 0.25) is 0 Å². The molecule has 2 aromatic carbocycles. The van der Waals surface area contributed by atoms with E-state index in [1.165, 1.54) is 5.56 Å². The zero-order chi connectivity index (χ0) is 22.7. The minimum absolute atomic E-state index is 0.0498. The Kier molecular flexibility index (Phi) is 6.27. The summed E-state index contributed by atoms with van der Waals surface area (Å²) in [5.41, 5.74) is 5.56. The highest BCUT2D eigenvalue weighted by molar-refractivity contribution is 5.95. The van der Waals surface area contributed by atoms with Crippen molar-refractivity contribution >= 4 is 11.6 Å². The summed E-state index contributed by atoms with van der Waals surface area (Å²) in [6, 6.07) is 18.0. The van der Waals surface area contributed by atoms with Crippen LogP contribution >= 0.6 is 0 Å². The van der Waals surface area contributed by atoms with Crippen molar-refractivity contribution < 1.29 is 4.79 Å². The number of amides is 1. The molecule has 0 spiro atoms. The largest absolute Gasteiger partial charge is 0.370 e. The zero-order valence-electron chi connectivity index (χ0n) is 19.0. The molecule has 1 fully saturated rings. The first-order chi connectivity index (χ1) is 15.5.